The van der Waals surface area contributed by atoms with Crippen LogP contribution in [0, 0.1) is 0 Å². The molecule has 360 valence electrons. The molecule has 14 aromatic rings. The summed E-state index contributed by atoms with van der Waals surface area (Å²) in [6, 6.07) is 91.9. The molecule has 0 fully saturated rings. The maximum atomic E-state index is 7.35. The Morgan fingerprint density at radius 1 is 0.325 bits per heavy atom. The van der Waals surface area contributed by atoms with E-state index < -0.39 is 5.41 Å². The van der Waals surface area contributed by atoms with E-state index in [2.05, 4.69) is 267 Å². The Morgan fingerprint density at radius 3 is 1.55 bits per heavy atom. The fourth-order valence-corrected chi connectivity index (χ4v) is 14.2. The van der Waals surface area contributed by atoms with Crippen LogP contribution in [0.2, 0.25) is 0 Å². The van der Waals surface area contributed by atoms with Gasteiger partial charge in [0, 0.05) is 49.5 Å². The van der Waals surface area contributed by atoms with E-state index in [1.807, 2.05) is 0 Å². The molecular weight excluding hydrogens is 935 g/mol. The predicted molar refractivity (Wildman–Crippen MR) is 318 cm³/mol. The van der Waals surface area contributed by atoms with Crippen molar-refractivity contribution >= 4 is 71.7 Å². The van der Waals surface area contributed by atoms with E-state index >= 15 is 0 Å². The first-order valence-corrected chi connectivity index (χ1v) is 26.8. The van der Waals surface area contributed by atoms with E-state index in [1.165, 1.54) is 83.1 Å². The van der Waals surface area contributed by atoms with E-state index in [0.29, 0.717) is 0 Å². The Kier molecular flexibility index (Phi) is 8.55. The summed E-state index contributed by atoms with van der Waals surface area (Å²) in [4.78, 5) is 2.43. The van der Waals surface area contributed by atoms with Crippen molar-refractivity contribution in [2.75, 3.05) is 4.90 Å². The third-order valence-corrected chi connectivity index (χ3v) is 17.7. The molecule has 77 heavy (non-hydrogen) atoms. The van der Waals surface area contributed by atoms with Gasteiger partial charge in [-0.05, 0) is 143 Å². The van der Waals surface area contributed by atoms with Gasteiger partial charge in [-0.15, -0.1) is 0 Å². The Bertz CT molecular complexity index is 4790. The summed E-state index contributed by atoms with van der Waals surface area (Å²) in [5.74, 6) is 0. The van der Waals surface area contributed by atoms with E-state index in [4.69, 9.17) is 8.83 Å². The lowest BCUT2D eigenvalue weighted by atomic mass is 9.70. The Morgan fingerprint density at radius 2 is 0.844 bits per heavy atom. The van der Waals surface area contributed by atoms with Gasteiger partial charge in [-0.3, -0.25) is 0 Å². The van der Waals surface area contributed by atoms with Crippen molar-refractivity contribution in [3.63, 3.8) is 0 Å². The first-order chi connectivity index (χ1) is 37.9. The van der Waals surface area contributed by atoms with Gasteiger partial charge in [0.15, 0.2) is 5.58 Å². The van der Waals surface area contributed by atoms with E-state index in [9.17, 15) is 0 Å². The van der Waals surface area contributed by atoms with Crippen LogP contribution in [0.5, 0.6) is 0 Å². The van der Waals surface area contributed by atoms with Crippen molar-refractivity contribution in [1.82, 2.24) is 0 Å². The lowest BCUT2D eigenvalue weighted by Gasteiger charge is -2.32. The standard InChI is InChI=1S/C74H47NO2/c1-73(2)59-22-10-5-17-52(59)55-38-33-49(42-63(55)73)46-31-36-51(37-32-46)75(50-34-29-45(30-35-50)48-28-27-44-15-3-4-16-47(44)41-48)65-43-64-69(68-58-21-9-14-26-67(58)77-72(65)68)70-62(40-39-57-56-20-8-13-25-66(56)76-71(57)70)74(64)60-23-11-6-18-53(60)54-19-7-12-24-61(54)74/h3-43H,1-2H3. The highest BCUT2D eigenvalue weighted by Crippen LogP contribution is 2.67. The molecule has 0 unspecified atom stereocenters. The second-order valence-electron chi connectivity index (χ2n) is 21.8. The number of furan rings is 2. The molecule has 0 bridgehead atoms. The zero-order valence-electron chi connectivity index (χ0n) is 42.4. The van der Waals surface area contributed by atoms with Crippen molar-refractivity contribution in [2.45, 2.75) is 24.7 Å². The number of hydrogen-bond acceptors (Lipinski definition) is 3. The van der Waals surface area contributed by atoms with Gasteiger partial charge in [0.25, 0.3) is 0 Å². The SMILES string of the molecule is CC1(C)c2ccccc2-c2ccc(-c3ccc(N(c4ccc(-c5ccc6ccccc6c5)cc4)c4cc5c(c6c4oc4ccccc46)-c4c(ccc6c4oc4ccccc46)C54c5ccccc5-c5ccccc54)cc3)cc21. The molecule has 0 saturated carbocycles. The van der Waals surface area contributed by atoms with Gasteiger partial charge in [-0.1, -0.05) is 208 Å². The predicted octanol–water partition coefficient (Wildman–Crippen LogP) is 20.1. The molecule has 0 saturated heterocycles. The number of anilines is 3. The molecule has 0 N–H and O–H groups in total. The van der Waals surface area contributed by atoms with Crippen LogP contribution in [0.4, 0.5) is 17.1 Å². The zero-order chi connectivity index (χ0) is 50.7. The van der Waals surface area contributed by atoms with Gasteiger partial charge >= 0.3 is 0 Å². The van der Waals surface area contributed by atoms with Crippen molar-refractivity contribution < 1.29 is 8.83 Å². The minimum absolute atomic E-state index is 0.100. The average Bonchev–Trinajstić information content (AvgIpc) is 3.22. The molecule has 2 heterocycles. The van der Waals surface area contributed by atoms with Crippen molar-refractivity contribution in [1.29, 1.82) is 0 Å². The van der Waals surface area contributed by atoms with Crippen molar-refractivity contribution in [3.8, 4) is 55.6 Å². The van der Waals surface area contributed by atoms with Crippen LogP contribution < -0.4 is 4.90 Å². The second-order valence-corrected chi connectivity index (χ2v) is 21.8. The van der Waals surface area contributed by atoms with Gasteiger partial charge < -0.3 is 13.7 Å². The molecule has 3 aliphatic rings. The Labute approximate surface area is 445 Å². The lowest BCUT2D eigenvalue weighted by Crippen LogP contribution is -2.26. The van der Waals surface area contributed by atoms with Crippen LogP contribution in [-0.2, 0) is 10.8 Å². The zero-order valence-corrected chi connectivity index (χ0v) is 42.4. The number of hydrogen-bond donors (Lipinski definition) is 0. The lowest BCUT2D eigenvalue weighted by molar-refractivity contribution is 0.660. The highest BCUT2D eigenvalue weighted by atomic mass is 16.3. The largest absolute Gasteiger partial charge is 0.455 e. The fraction of sp³-hybridized carbons (Fsp3) is 0.0541. The highest BCUT2D eigenvalue weighted by Gasteiger charge is 2.54. The summed E-state index contributed by atoms with van der Waals surface area (Å²) in [6.07, 6.45) is 0. The molecule has 0 radical (unpaired) electrons. The molecule has 0 atom stereocenters. The van der Waals surface area contributed by atoms with Crippen LogP contribution in [0.25, 0.3) is 110 Å². The summed E-state index contributed by atoms with van der Waals surface area (Å²) in [7, 11) is 0. The highest BCUT2D eigenvalue weighted by molar-refractivity contribution is 6.24. The number of rotatable bonds is 5. The number of benzene rings is 12. The van der Waals surface area contributed by atoms with Gasteiger partial charge in [-0.2, -0.15) is 0 Å². The third-order valence-electron chi connectivity index (χ3n) is 17.7. The number of nitrogens with zero attached hydrogens (tertiary/aromatic N) is 1. The molecule has 3 nitrogen and oxygen atoms in total. The summed E-state index contributed by atoms with van der Waals surface area (Å²) in [5.41, 5.74) is 25.5. The summed E-state index contributed by atoms with van der Waals surface area (Å²) >= 11 is 0. The maximum Gasteiger partial charge on any atom is 0.160 e. The Hall–Kier alpha value is -9.70. The van der Waals surface area contributed by atoms with Crippen LogP contribution in [0.3, 0.4) is 0 Å². The average molecular weight is 982 g/mol. The van der Waals surface area contributed by atoms with E-state index in [1.54, 1.807) is 0 Å². The molecule has 2 aromatic heterocycles. The van der Waals surface area contributed by atoms with Crippen LogP contribution >= 0.6 is 0 Å². The van der Waals surface area contributed by atoms with Crippen LogP contribution in [0.15, 0.2) is 258 Å². The molecular formula is C74H47NO2. The van der Waals surface area contributed by atoms with E-state index in [-0.39, 0.29) is 5.41 Å². The topological polar surface area (TPSA) is 29.5 Å². The molecule has 12 aromatic carbocycles. The Balaban J connectivity index is 0.939. The summed E-state index contributed by atoms with van der Waals surface area (Å²) < 4.78 is 14.5. The molecule has 0 amide bonds. The molecule has 0 aliphatic heterocycles. The van der Waals surface area contributed by atoms with Gasteiger partial charge in [0.05, 0.1) is 11.1 Å². The quantitative estimate of drug-likeness (QED) is 0.172. The van der Waals surface area contributed by atoms with E-state index in [0.717, 1.165) is 77.6 Å². The van der Waals surface area contributed by atoms with Crippen molar-refractivity contribution in [2.24, 2.45) is 0 Å². The van der Waals surface area contributed by atoms with Crippen LogP contribution in [-0.4, -0.2) is 0 Å². The van der Waals surface area contributed by atoms with Gasteiger partial charge in [-0.25, -0.2) is 0 Å². The molecule has 17 rings (SSSR count). The normalized spacial score (nSPS) is 14.1. The van der Waals surface area contributed by atoms with Gasteiger partial charge in [0.2, 0.25) is 0 Å². The first kappa shape index (κ1) is 42.6. The second kappa shape index (κ2) is 15.4. The minimum Gasteiger partial charge on any atom is -0.455 e. The fourth-order valence-electron chi connectivity index (χ4n) is 14.2. The maximum absolute atomic E-state index is 7.35. The molecule has 1 spiro atoms. The first-order valence-electron chi connectivity index (χ1n) is 26.8. The number of para-hydroxylation sites is 2. The number of fused-ring (bicyclic) bond motifs is 22. The van der Waals surface area contributed by atoms with Gasteiger partial charge in [0.1, 0.15) is 16.7 Å². The van der Waals surface area contributed by atoms with Crippen LogP contribution in [0.1, 0.15) is 47.2 Å². The molecule has 3 heteroatoms. The smallest absolute Gasteiger partial charge is 0.160 e. The molecule has 3 aliphatic carbocycles. The van der Waals surface area contributed by atoms with Crippen molar-refractivity contribution in [3.05, 3.63) is 282 Å². The third kappa shape index (κ3) is 5.70. The summed E-state index contributed by atoms with van der Waals surface area (Å²) in [5, 5.41) is 6.83. The summed E-state index contributed by atoms with van der Waals surface area (Å²) in [6.45, 7) is 4.71. The monoisotopic (exact) mass is 981 g/mol. The minimum atomic E-state index is -0.678.